The van der Waals surface area contributed by atoms with Gasteiger partial charge in [0.05, 0.1) is 0 Å². The molecule has 1 rings (SSSR count). The maximum Gasteiger partial charge on any atom is 0.457 e. The van der Waals surface area contributed by atoms with Gasteiger partial charge in [0, 0.05) is 0 Å². The largest absolute Gasteiger partial charge is 0.479 e. The summed E-state index contributed by atoms with van der Waals surface area (Å²) in [6.45, 7) is 0. The Hall–Kier alpha value is -1.58. The van der Waals surface area contributed by atoms with Crippen molar-refractivity contribution in [2.75, 3.05) is 0 Å². The molecule has 0 radical (unpaired) electrons. The SMILES string of the molecule is O=C(O)C1(F)C(F)(F)C(F)(F)C(F)(F)C(F)(F)C1(F)C(F)(F)C(F)(F)F. The summed E-state index contributed by atoms with van der Waals surface area (Å²) in [7, 11) is 0. The van der Waals surface area contributed by atoms with Crippen LogP contribution in [0.2, 0.25) is 0 Å². The maximum atomic E-state index is 14.0. The summed E-state index contributed by atoms with van der Waals surface area (Å²) >= 11 is 0. The van der Waals surface area contributed by atoms with Gasteiger partial charge in [-0.3, -0.25) is 0 Å². The van der Waals surface area contributed by atoms with Crippen molar-refractivity contribution in [1.29, 1.82) is 0 Å². The highest BCUT2D eigenvalue weighted by molar-refractivity contribution is 5.83. The van der Waals surface area contributed by atoms with E-state index in [1.54, 1.807) is 0 Å². The average Bonchev–Trinajstić information content (AvgIpc) is 2.41. The van der Waals surface area contributed by atoms with Gasteiger partial charge in [-0.1, -0.05) is 0 Å². The van der Waals surface area contributed by atoms with Crippen LogP contribution in [-0.4, -0.2) is 58.2 Å². The molecule has 1 N–H and O–H groups in total. The van der Waals surface area contributed by atoms with E-state index in [0.717, 1.165) is 0 Å². The minimum atomic E-state index is -8.38. The van der Waals surface area contributed by atoms with E-state index in [2.05, 4.69) is 0 Å². The van der Waals surface area contributed by atoms with Crippen molar-refractivity contribution in [1.82, 2.24) is 0 Å². The third-order valence-corrected chi connectivity index (χ3v) is 3.61. The summed E-state index contributed by atoms with van der Waals surface area (Å²) in [6, 6.07) is 0. The Morgan fingerprint density at radius 1 is 0.615 bits per heavy atom. The third-order valence-electron chi connectivity index (χ3n) is 3.61. The van der Waals surface area contributed by atoms with Crippen molar-refractivity contribution >= 4 is 5.97 Å². The van der Waals surface area contributed by atoms with Gasteiger partial charge in [-0.15, -0.1) is 0 Å². The summed E-state index contributed by atoms with van der Waals surface area (Å²) < 4.78 is 196. The van der Waals surface area contributed by atoms with Gasteiger partial charge in [-0.2, -0.15) is 57.1 Å². The molecular weight excluding hydrogens is 425 g/mol. The van der Waals surface area contributed by atoms with Crippen LogP contribution in [0.3, 0.4) is 0 Å². The molecule has 2 nitrogen and oxygen atoms in total. The van der Waals surface area contributed by atoms with Gasteiger partial charge in [0.15, 0.2) is 0 Å². The van der Waals surface area contributed by atoms with Crippen LogP contribution >= 0.6 is 0 Å². The highest BCUT2D eigenvalue weighted by Crippen LogP contribution is 2.73. The van der Waals surface area contributed by atoms with Crippen molar-refractivity contribution in [3.63, 3.8) is 0 Å². The second-order valence-electron chi connectivity index (χ2n) is 4.99. The second kappa shape index (κ2) is 4.82. The van der Waals surface area contributed by atoms with Crippen LogP contribution in [-0.2, 0) is 4.79 Å². The lowest BCUT2D eigenvalue weighted by Gasteiger charge is -2.55. The molecule has 2 unspecified atom stereocenters. The number of carboxylic acid groups (broad SMARTS) is 1. The fourth-order valence-corrected chi connectivity index (χ4v) is 2.15. The molecule has 1 saturated carbocycles. The van der Waals surface area contributed by atoms with Gasteiger partial charge in [0.25, 0.3) is 0 Å². The molecule has 0 aliphatic heterocycles. The Labute approximate surface area is 130 Å². The lowest BCUT2D eigenvalue weighted by molar-refractivity contribution is -0.495. The van der Waals surface area contributed by atoms with E-state index >= 15 is 0 Å². The van der Waals surface area contributed by atoms with Crippen molar-refractivity contribution in [2.24, 2.45) is 0 Å². The molecule has 17 heteroatoms. The minimum absolute atomic E-state index is 4.73. The zero-order valence-corrected chi connectivity index (χ0v) is 11.0. The number of hydrogen-bond acceptors (Lipinski definition) is 1. The lowest BCUT2D eigenvalue weighted by Crippen LogP contribution is -2.91. The van der Waals surface area contributed by atoms with Crippen molar-refractivity contribution in [2.45, 2.75) is 47.1 Å². The predicted molar refractivity (Wildman–Crippen MR) is 46.1 cm³/mol. The smallest absolute Gasteiger partial charge is 0.457 e. The number of halogens is 15. The zero-order chi connectivity index (χ0) is 21.6. The molecule has 1 aliphatic carbocycles. The average molecular weight is 426 g/mol. The first-order valence-corrected chi connectivity index (χ1v) is 5.51. The van der Waals surface area contributed by atoms with E-state index in [4.69, 9.17) is 5.11 Å². The number of carboxylic acids is 1. The maximum absolute atomic E-state index is 14.0. The summed E-state index contributed by atoms with van der Waals surface area (Å²) in [5, 5.41) is 8.03. The van der Waals surface area contributed by atoms with Gasteiger partial charge in [0.1, 0.15) is 0 Å². The van der Waals surface area contributed by atoms with Gasteiger partial charge in [0.2, 0.25) is 0 Å². The van der Waals surface area contributed by atoms with Crippen LogP contribution in [0, 0.1) is 0 Å². The van der Waals surface area contributed by atoms with Crippen molar-refractivity contribution in [3.05, 3.63) is 0 Å². The van der Waals surface area contributed by atoms with Crippen LogP contribution in [0.15, 0.2) is 0 Å². The minimum Gasteiger partial charge on any atom is -0.479 e. The van der Waals surface area contributed by atoms with Crippen LogP contribution in [0.25, 0.3) is 0 Å². The summed E-state index contributed by atoms with van der Waals surface area (Å²) in [5.41, 5.74) is -16.2. The van der Waals surface area contributed by atoms with E-state index in [1.807, 2.05) is 0 Å². The lowest BCUT2D eigenvalue weighted by atomic mass is 9.62. The van der Waals surface area contributed by atoms with Crippen molar-refractivity contribution < 1.29 is 75.8 Å². The van der Waals surface area contributed by atoms with E-state index in [9.17, 15) is 70.7 Å². The van der Waals surface area contributed by atoms with E-state index in [0.29, 0.717) is 0 Å². The summed E-state index contributed by atoms with van der Waals surface area (Å²) in [4.78, 5) is 10.4. The quantitative estimate of drug-likeness (QED) is 0.672. The first-order valence-electron chi connectivity index (χ1n) is 5.51. The van der Waals surface area contributed by atoms with Gasteiger partial charge >= 0.3 is 53.1 Å². The van der Waals surface area contributed by atoms with Crippen LogP contribution in [0.1, 0.15) is 0 Å². The standard InChI is InChI=1S/C9HF15O2/c10-2(1(25)26)3(11,6(16,17)9(22,23)24)5(14,15)8(20,21)7(18,19)4(2,12)13/h(H,25,26). The first-order chi connectivity index (χ1) is 10.9. The monoisotopic (exact) mass is 426 g/mol. The second-order valence-corrected chi connectivity index (χ2v) is 4.99. The van der Waals surface area contributed by atoms with Crippen LogP contribution < -0.4 is 0 Å². The Morgan fingerprint density at radius 3 is 1.19 bits per heavy atom. The molecule has 0 heterocycles. The van der Waals surface area contributed by atoms with Crippen LogP contribution in [0.5, 0.6) is 0 Å². The Bertz CT molecular complexity index is 621. The predicted octanol–water partition coefficient (Wildman–Crippen LogP) is 4.24. The topological polar surface area (TPSA) is 37.3 Å². The van der Waals surface area contributed by atoms with Crippen molar-refractivity contribution in [3.8, 4) is 0 Å². The van der Waals surface area contributed by atoms with Gasteiger partial charge < -0.3 is 5.11 Å². The number of hydrogen-bond donors (Lipinski definition) is 1. The molecule has 26 heavy (non-hydrogen) atoms. The Kier molecular flexibility index (Phi) is 4.16. The molecule has 0 amide bonds. The van der Waals surface area contributed by atoms with E-state index < -0.39 is 53.1 Å². The Morgan fingerprint density at radius 2 is 0.923 bits per heavy atom. The fourth-order valence-electron chi connectivity index (χ4n) is 2.15. The van der Waals surface area contributed by atoms with E-state index in [-0.39, 0.29) is 0 Å². The first kappa shape index (κ1) is 22.5. The molecule has 0 bridgehead atoms. The highest BCUT2D eigenvalue weighted by atomic mass is 19.4. The number of rotatable bonds is 2. The normalized spacial score (nSPS) is 35.8. The van der Waals surface area contributed by atoms with E-state index in [1.165, 1.54) is 0 Å². The number of carbonyl (C=O) groups is 1. The molecule has 2 atom stereocenters. The molecule has 0 spiro atoms. The molecule has 0 saturated heterocycles. The fraction of sp³-hybridized carbons (Fsp3) is 0.889. The van der Waals surface area contributed by atoms with Gasteiger partial charge in [-0.25, -0.2) is 13.6 Å². The molecule has 1 fully saturated rings. The summed E-state index contributed by atoms with van der Waals surface area (Å²) in [6.07, 6.45) is -7.88. The molecule has 0 aromatic heterocycles. The number of aliphatic carboxylic acids is 1. The number of alkyl halides is 15. The molecule has 1 aliphatic rings. The van der Waals surface area contributed by atoms with Crippen LogP contribution in [0.4, 0.5) is 65.9 Å². The summed E-state index contributed by atoms with van der Waals surface area (Å²) in [5.74, 6) is -45.3. The molecule has 0 aromatic rings. The molecular formula is C9HF15O2. The third kappa shape index (κ3) is 1.76. The Balaban J connectivity index is 4.25. The highest BCUT2D eigenvalue weighted by Gasteiger charge is 3.07. The molecule has 0 aromatic carbocycles. The van der Waals surface area contributed by atoms with Gasteiger partial charge in [-0.05, 0) is 0 Å². The molecule has 154 valence electrons. The zero-order valence-electron chi connectivity index (χ0n) is 11.0.